The predicted molar refractivity (Wildman–Crippen MR) is 129 cm³/mol. The number of hydrogen-bond donors (Lipinski definition) is 1. The summed E-state index contributed by atoms with van der Waals surface area (Å²) in [5.41, 5.74) is 2.78. The largest absolute Gasteiger partial charge is 0.486 e. The summed E-state index contributed by atoms with van der Waals surface area (Å²) in [4.78, 5) is 28.8. The Kier molecular flexibility index (Phi) is 6.94. The molecule has 2 aliphatic heterocycles. The van der Waals surface area contributed by atoms with Crippen molar-refractivity contribution in [2.75, 3.05) is 43.7 Å². The van der Waals surface area contributed by atoms with Gasteiger partial charge in [-0.3, -0.25) is 9.59 Å². The number of carbonyl (C=O) groups is 2. The lowest BCUT2D eigenvalue weighted by atomic mass is 10.1. The number of halogens is 1. The standard InChI is InChI=1S/C25H25ClN4O4/c1-29-19-5-3-4-6-20(19)30(2)25(29)17(15-27)21(31)7-8-23(32)28-10-9-16-13-18(26)24-22(14-16)33-11-12-34-24/h3-6,13-14H,7-12H2,1-2H3,(H,28,32). The minimum Gasteiger partial charge on any atom is -0.486 e. The molecule has 0 atom stereocenters. The third-order valence-corrected chi connectivity index (χ3v) is 6.11. The van der Waals surface area contributed by atoms with Gasteiger partial charge in [0.2, 0.25) is 5.91 Å². The van der Waals surface area contributed by atoms with Crippen molar-refractivity contribution < 1.29 is 19.1 Å². The molecule has 0 fully saturated rings. The van der Waals surface area contributed by atoms with Crippen LogP contribution in [-0.4, -0.2) is 45.5 Å². The highest BCUT2D eigenvalue weighted by Gasteiger charge is 2.31. The molecular formula is C25H25ClN4O4. The fraction of sp³-hybridized carbons (Fsp3) is 0.320. The van der Waals surface area contributed by atoms with Crippen LogP contribution in [0.25, 0.3) is 0 Å². The van der Waals surface area contributed by atoms with Gasteiger partial charge in [-0.1, -0.05) is 23.7 Å². The van der Waals surface area contributed by atoms with Gasteiger partial charge in [0.15, 0.2) is 17.3 Å². The van der Waals surface area contributed by atoms with Crippen LogP contribution < -0.4 is 24.6 Å². The lowest BCUT2D eigenvalue weighted by Gasteiger charge is -2.20. The average molecular weight is 481 g/mol. The van der Waals surface area contributed by atoms with Crippen LogP contribution >= 0.6 is 11.6 Å². The molecule has 176 valence electrons. The molecule has 4 rings (SSSR count). The van der Waals surface area contributed by atoms with Crippen LogP contribution in [0.2, 0.25) is 5.02 Å². The minimum atomic E-state index is -0.363. The molecule has 2 aliphatic rings. The van der Waals surface area contributed by atoms with E-state index in [1.54, 1.807) is 6.07 Å². The molecular weight excluding hydrogens is 456 g/mol. The lowest BCUT2D eigenvalue weighted by Crippen LogP contribution is -2.28. The summed E-state index contributed by atoms with van der Waals surface area (Å²) in [6, 6.07) is 13.4. The number of ether oxygens (including phenoxy) is 2. The quantitative estimate of drug-likeness (QED) is 0.479. The van der Waals surface area contributed by atoms with Gasteiger partial charge in [-0.15, -0.1) is 0 Å². The first-order valence-electron chi connectivity index (χ1n) is 11.0. The summed E-state index contributed by atoms with van der Waals surface area (Å²) in [7, 11) is 3.64. The van der Waals surface area contributed by atoms with Crippen molar-refractivity contribution in [1.29, 1.82) is 5.26 Å². The summed E-state index contributed by atoms with van der Waals surface area (Å²) in [5.74, 6) is 1.05. The molecule has 9 heteroatoms. The van der Waals surface area contributed by atoms with Crippen LogP contribution in [0.15, 0.2) is 47.8 Å². The van der Waals surface area contributed by atoms with E-state index in [1.165, 1.54) is 0 Å². The summed E-state index contributed by atoms with van der Waals surface area (Å²) >= 11 is 6.25. The molecule has 8 nitrogen and oxygen atoms in total. The molecule has 0 aliphatic carbocycles. The van der Waals surface area contributed by atoms with Crippen molar-refractivity contribution in [3.8, 4) is 17.6 Å². The fourth-order valence-electron chi connectivity index (χ4n) is 4.15. The number of hydrogen-bond acceptors (Lipinski definition) is 7. The number of carbonyl (C=O) groups excluding carboxylic acids is 2. The van der Waals surface area contributed by atoms with E-state index in [1.807, 2.05) is 60.3 Å². The predicted octanol–water partition coefficient (Wildman–Crippen LogP) is 3.44. The van der Waals surface area contributed by atoms with Crippen molar-refractivity contribution in [3.63, 3.8) is 0 Å². The van der Waals surface area contributed by atoms with E-state index in [4.69, 9.17) is 21.1 Å². The molecule has 0 bridgehead atoms. The van der Waals surface area contributed by atoms with Crippen LogP contribution in [0.4, 0.5) is 11.4 Å². The van der Waals surface area contributed by atoms with E-state index < -0.39 is 0 Å². The zero-order valence-corrected chi connectivity index (χ0v) is 19.8. The van der Waals surface area contributed by atoms with Crippen LogP contribution in [0.3, 0.4) is 0 Å². The van der Waals surface area contributed by atoms with E-state index in [2.05, 4.69) is 5.32 Å². The molecule has 0 unspecified atom stereocenters. The minimum absolute atomic E-state index is 0.000431. The third-order valence-electron chi connectivity index (χ3n) is 5.83. The fourth-order valence-corrected chi connectivity index (χ4v) is 4.44. The van der Waals surface area contributed by atoms with Gasteiger partial charge < -0.3 is 24.6 Å². The molecule has 2 aromatic rings. The van der Waals surface area contributed by atoms with E-state index in [0.29, 0.717) is 48.5 Å². The Balaban J connectivity index is 1.32. The van der Waals surface area contributed by atoms with Gasteiger partial charge in [0.05, 0.1) is 16.4 Å². The number of amides is 1. The number of nitrogens with one attached hydrogen (secondary N) is 1. The van der Waals surface area contributed by atoms with Crippen molar-refractivity contribution in [1.82, 2.24) is 5.32 Å². The van der Waals surface area contributed by atoms with Crippen LogP contribution in [0.1, 0.15) is 18.4 Å². The van der Waals surface area contributed by atoms with E-state index in [0.717, 1.165) is 16.9 Å². The number of ketones is 1. The number of rotatable bonds is 7. The van der Waals surface area contributed by atoms with Crippen LogP contribution in [0, 0.1) is 11.3 Å². The molecule has 0 radical (unpaired) electrons. The molecule has 34 heavy (non-hydrogen) atoms. The second kappa shape index (κ2) is 10.1. The number of allylic oxidation sites excluding steroid dienone is 1. The Morgan fingerprint density at radius 2 is 1.76 bits per heavy atom. The Labute approximate surface area is 203 Å². The number of fused-ring (bicyclic) bond motifs is 2. The van der Waals surface area contributed by atoms with Crippen molar-refractivity contribution >= 4 is 34.7 Å². The van der Waals surface area contributed by atoms with Crippen molar-refractivity contribution in [2.24, 2.45) is 0 Å². The van der Waals surface area contributed by atoms with Gasteiger partial charge >= 0.3 is 0 Å². The third kappa shape index (κ3) is 4.66. The first kappa shape index (κ1) is 23.5. The monoisotopic (exact) mass is 480 g/mol. The first-order valence-corrected chi connectivity index (χ1v) is 11.4. The van der Waals surface area contributed by atoms with Crippen molar-refractivity contribution in [2.45, 2.75) is 19.3 Å². The van der Waals surface area contributed by atoms with E-state index in [9.17, 15) is 14.9 Å². The molecule has 1 amide bonds. The Hall–Kier alpha value is -3.70. The molecule has 1 N–H and O–H groups in total. The van der Waals surface area contributed by atoms with Gasteiger partial charge in [0.25, 0.3) is 0 Å². The highest BCUT2D eigenvalue weighted by atomic mass is 35.5. The molecule has 0 saturated heterocycles. The second-order valence-electron chi connectivity index (χ2n) is 8.04. The number of para-hydroxylation sites is 2. The highest BCUT2D eigenvalue weighted by Crippen LogP contribution is 2.40. The Morgan fingerprint density at radius 1 is 1.09 bits per heavy atom. The van der Waals surface area contributed by atoms with E-state index in [-0.39, 0.29) is 30.1 Å². The number of nitrogens with zero attached hydrogens (tertiary/aromatic N) is 3. The van der Waals surface area contributed by atoms with Gasteiger partial charge in [0, 0.05) is 33.5 Å². The van der Waals surface area contributed by atoms with E-state index >= 15 is 0 Å². The summed E-state index contributed by atoms with van der Waals surface area (Å²) in [6.45, 7) is 1.32. The van der Waals surface area contributed by atoms with Gasteiger partial charge in [-0.25, -0.2) is 0 Å². The Morgan fingerprint density at radius 3 is 2.44 bits per heavy atom. The first-order chi connectivity index (χ1) is 16.4. The van der Waals surface area contributed by atoms with Crippen LogP contribution in [0.5, 0.6) is 11.5 Å². The Bertz CT molecular complexity index is 1170. The zero-order valence-electron chi connectivity index (χ0n) is 19.1. The topological polar surface area (TPSA) is 94.9 Å². The number of benzene rings is 2. The summed E-state index contributed by atoms with van der Waals surface area (Å²) in [5, 5.41) is 13.0. The SMILES string of the molecule is CN1C(=C(C#N)C(=O)CCC(=O)NCCc2cc(Cl)c3c(c2)OCCO3)N(C)c2ccccc21. The molecule has 2 heterocycles. The maximum Gasteiger partial charge on any atom is 0.220 e. The van der Waals surface area contributed by atoms with Gasteiger partial charge in [-0.2, -0.15) is 5.26 Å². The highest BCUT2D eigenvalue weighted by molar-refractivity contribution is 6.32. The zero-order chi connectivity index (χ0) is 24.2. The normalized spacial score (nSPS) is 13.9. The lowest BCUT2D eigenvalue weighted by molar-refractivity contribution is -0.124. The van der Waals surface area contributed by atoms with Crippen molar-refractivity contribution in [3.05, 3.63) is 58.4 Å². The molecule has 0 saturated carbocycles. The van der Waals surface area contributed by atoms with Crippen LogP contribution in [-0.2, 0) is 16.0 Å². The number of nitriles is 1. The summed E-state index contributed by atoms with van der Waals surface area (Å²) in [6.07, 6.45) is 0.503. The van der Waals surface area contributed by atoms with Gasteiger partial charge in [-0.05, 0) is 36.2 Å². The molecule has 0 aromatic heterocycles. The average Bonchev–Trinajstić information content (AvgIpc) is 3.09. The summed E-state index contributed by atoms with van der Waals surface area (Å²) < 4.78 is 11.1. The number of anilines is 2. The number of Topliss-reactive ketones (excluding diaryl/α,β-unsaturated/α-hetero) is 1. The smallest absolute Gasteiger partial charge is 0.220 e. The molecule has 0 spiro atoms. The maximum atomic E-state index is 12.8. The second-order valence-corrected chi connectivity index (χ2v) is 8.45. The molecule has 2 aromatic carbocycles. The van der Waals surface area contributed by atoms with Gasteiger partial charge in [0.1, 0.15) is 30.7 Å². The maximum absolute atomic E-state index is 12.8.